The van der Waals surface area contributed by atoms with Crippen LogP contribution in [0.25, 0.3) is 0 Å². The Bertz CT molecular complexity index is 341. The molecular weight excluding hydrogens is 228 g/mol. The summed E-state index contributed by atoms with van der Waals surface area (Å²) in [6, 6.07) is 0. The summed E-state index contributed by atoms with van der Waals surface area (Å²) in [6.45, 7) is 3.90. The average Bonchev–Trinajstić information content (AvgIpc) is 3.01. The van der Waals surface area contributed by atoms with E-state index in [4.69, 9.17) is 4.74 Å². The van der Waals surface area contributed by atoms with E-state index in [0.717, 1.165) is 12.8 Å². The van der Waals surface area contributed by atoms with Crippen LogP contribution in [0.2, 0.25) is 0 Å². The van der Waals surface area contributed by atoms with Crippen LogP contribution < -0.4 is 0 Å². The molecule has 0 saturated heterocycles. The number of aliphatic hydroxyl groups is 1. The third-order valence-corrected chi connectivity index (χ3v) is 5.73. The molecule has 7 atom stereocenters. The summed E-state index contributed by atoms with van der Waals surface area (Å²) in [5.41, 5.74) is 0. The molecule has 0 amide bonds. The molecule has 0 aromatic heterocycles. The first-order valence-corrected chi connectivity index (χ1v) is 7.52. The van der Waals surface area contributed by atoms with Crippen molar-refractivity contribution < 1.29 is 14.6 Å². The summed E-state index contributed by atoms with van der Waals surface area (Å²) in [6.07, 6.45) is 5.11. The van der Waals surface area contributed by atoms with E-state index in [1.54, 1.807) is 0 Å². The lowest BCUT2D eigenvalue weighted by Gasteiger charge is -2.35. The number of aliphatic hydroxyl groups excluding tert-OH is 1. The molecule has 3 fully saturated rings. The van der Waals surface area contributed by atoms with Crippen molar-refractivity contribution in [2.45, 2.75) is 58.2 Å². The van der Waals surface area contributed by atoms with E-state index in [0.29, 0.717) is 23.7 Å². The van der Waals surface area contributed by atoms with Crippen molar-refractivity contribution in [3.05, 3.63) is 0 Å². The molecule has 3 saturated carbocycles. The standard InChI is InChI=1S/C15H24O3/c1-3-8(2)15(17)18-14-12-7-11(13(14)16)9-5-4-6-10(9)12/h8-14,16H,3-7H2,1-2H3. The van der Waals surface area contributed by atoms with Gasteiger partial charge in [0, 0.05) is 5.92 Å². The van der Waals surface area contributed by atoms with Crippen LogP contribution in [0.5, 0.6) is 0 Å². The van der Waals surface area contributed by atoms with Crippen LogP contribution in [0.3, 0.4) is 0 Å². The maximum Gasteiger partial charge on any atom is 0.309 e. The van der Waals surface area contributed by atoms with Gasteiger partial charge in [0.25, 0.3) is 0 Å². The highest BCUT2D eigenvalue weighted by Gasteiger charge is 2.60. The maximum atomic E-state index is 11.9. The molecule has 3 aliphatic carbocycles. The van der Waals surface area contributed by atoms with Gasteiger partial charge in [-0.2, -0.15) is 0 Å². The molecule has 0 radical (unpaired) electrons. The van der Waals surface area contributed by atoms with E-state index >= 15 is 0 Å². The lowest BCUT2D eigenvalue weighted by molar-refractivity contribution is -0.166. The molecule has 3 heteroatoms. The summed E-state index contributed by atoms with van der Waals surface area (Å²) in [7, 11) is 0. The first-order chi connectivity index (χ1) is 8.63. The lowest BCUT2D eigenvalue weighted by Crippen LogP contribution is -2.43. The van der Waals surface area contributed by atoms with E-state index in [1.165, 1.54) is 19.3 Å². The van der Waals surface area contributed by atoms with Gasteiger partial charge in [-0.25, -0.2) is 0 Å². The minimum absolute atomic E-state index is 0.0456. The van der Waals surface area contributed by atoms with E-state index in [9.17, 15) is 9.90 Å². The summed E-state index contributed by atoms with van der Waals surface area (Å²) in [4.78, 5) is 11.9. The SMILES string of the molecule is CCC(C)C(=O)OC1C(O)C2CC1C1CCCC21. The van der Waals surface area contributed by atoms with E-state index in [2.05, 4.69) is 0 Å². The molecule has 1 N–H and O–H groups in total. The number of hydrogen-bond acceptors (Lipinski definition) is 3. The summed E-state index contributed by atoms with van der Waals surface area (Å²) in [5, 5.41) is 10.4. The summed E-state index contributed by atoms with van der Waals surface area (Å²) >= 11 is 0. The fraction of sp³-hybridized carbons (Fsp3) is 0.933. The monoisotopic (exact) mass is 252 g/mol. The van der Waals surface area contributed by atoms with Crippen LogP contribution in [0.1, 0.15) is 46.0 Å². The van der Waals surface area contributed by atoms with Crippen LogP contribution in [0.15, 0.2) is 0 Å². The largest absolute Gasteiger partial charge is 0.459 e. The number of rotatable bonds is 3. The van der Waals surface area contributed by atoms with Crippen LogP contribution in [0.4, 0.5) is 0 Å². The quantitative estimate of drug-likeness (QED) is 0.784. The van der Waals surface area contributed by atoms with Crippen molar-refractivity contribution in [3.63, 3.8) is 0 Å². The Labute approximate surface area is 109 Å². The van der Waals surface area contributed by atoms with Crippen molar-refractivity contribution >= 4 is 5.97 Å². The van der Waals surface area contributed by atoms with Gasteiger partial charge in [0.2, 0.25) is 0 Å². The zero-order valence-electron chi connectivity index (χ0n) is 11.3. The predicted molar refractivity (Wildman–Crippen MR) is 67.8 cm³/mol. The van der Waals surface area contributed by atoms with E-state index in [-0.39, 0.29) is 18.0 Å². The molecule has 2 bridgehead atoms. The average molecular weight is 252 g/mol. The summed E-state index contributed by atoms with van der Waals surface area (Å²) < 4.78 is 5.63. The topological polar surface area (TPSA) is 46.5 Å². The number of hydrogen-bond donors (Lipinski definition) is 1. The molecule has 0 aliphatic heterocycles. The minimum atomic E-state index is -0.401. The Morgan fingerprint density at radius 3 is 2.61 bits per heavy atom. The van der Waals surface area contributed by atoms with Crippen molar-refractivity contribution in [3.8, 4) is 0 Å². The zero-order valence-corrected chi connectivity index (χ0v) is 11.3. The second-order valence-corrected chi connectivity index (χ2v) is 6.52. The second-order valence-electron chi connectivity index (χ2n) is 6.52. The third kappa shape index (κ3) is 1.70. The lowest BCUT2D eigenvalue weighted by atomic mass is 9.78. The van der Waals surface area contributed by atoms with Crippen molar-refractivity contribution in [2.75, 3.05) is 0 Å². The summed E-state index contributed by atoms with van der Waals surface area (Å²) in [5.74, 6) is 2.10. The van der Waals surface area contributed by atoms with Gasteiger partial charge in [0.1, 0.15) is 6.10 Å². The number of ether oxygens (including phenoxy) is 1. The molecule has 7 unspecified atom stereocenters. The van der Waals surface area contributed by atoms with E-state index < -0.39 is 6.10 Å². The Morgan fingerprint density at radius 2 is 1.94 bits per heavy atom. The van der Waals surface area contributed by atoms with Gasteiger partial charge in [-0.05, 0) is 43.4 Å². The molecule has 3 nitrogen and oxygen atoms in total. The first-order valence-electron chi connectivity index (χ1n) is 7.52. The number of carbonyl (C=O) groups is 1. The fourth-order valence-corrected chi connectivity index (χ4v) is 4.59. The van der Waals surface area contributed by atoms with Crippen molar-refractivity contribution in [2.24, 2.45) is 29.6 Å². The Hall–Kier alpha value is -0.570. The molecule has 0 heterocycles. The van der Waals surface area contributed by atoms with E-state index in [1.807, 2.05) is 13.8 Å². The second kappa shape index (κ2) is 4.52. The zero-order chi connectivity index (χ0) is 12.9. The Kier molecular flexibility index (Phi) is 3.13. The van der Waals surface area contributed by atoms with Crippen LogP contribution in [-0.2, 0) is 9.53 Å². The third-order valence-electron chi connectivity index (χ3n) is 5.73. The highest BCUT2D eigenvalue weighted by Crippen LogP contribution is 2.59. The maximum absolute atomic E-state index is 11.9. The smallest absolute Gasteiger partial charge is 0.309 e. The number of fused-ring (bicyclic) bond motifs is 5. The highest BCUT2D eigenvalue weighted by atomic mass is 16.6. The highest BCUT2D eigenvalue weighted by molar-refractivity contribution is 5.72. The Balaban J connectivity index is 1.69. The minimum Gasteiger partial charge on any atom is -0.459 e. The van der Waals surface area contributed by atoms with Gasteiger partial charge in [0.05, 0.1) is 12.0 Å². The van der Waals surface area contributed by atoms with Gasteiger partial charge in [-0.3, -0.25) is 4.79 Å². The molecule has 102 valence electrons. The van der Waals surface area contributed by atoms with Gasteiger partial charge in [-0.1, -0.05) is 20.3 Å². The Morgan fingerprint density at radius 1 is 1.28 bits per heavy atom. The number of esters is 1. The molecular formula is C15H24O3. The van der Waals surface area contributed by atoms with Crippen LogP contribution in [0, 0.1) is 29.6 Å². The van der Waals surface area contributed by atoms with Gasteiger partial charge in [0.15, 0.2) is 0 Å². The molecule has 0 spiro atoms. The molecule has 0 aromatic rings. The normalized spacial score (nSPS) is 47.1. The van der Waals surface area contributed by atoms with Gasteiger partial charge >= 0.3 is 5.97 Å². The van der Waals surface area contributed by atoms with Crippen molar-refractivity contribution in [1.29, 1.82) is 0 Å². The van der Waals surface area contributed by atoms with Gasteiger partial charge < -0.3 is 9.84 Å². The predicted octanol–water partition coefficient (Wildman–Crippen LogP) is 2.37. The van der Waals surface area contributed by atoms with Crippen LogP contribution >= 0.6 is 0 Å². The molecule has 0 aromatic carbocycles. The molecule has 18 heavy (non-hydrogen) atoms. The van der Waals surface area contributed by atoms with Crippen molar-refractivity contribution in [1.82, 2.24) is 0 Å². The fourth-order valence-electron chi connectivity index (χ4n) is 4.59. The van der Waals surface area contributed by atoms with Crippen LogP contribution in [-0.4, -0.2) is 23.3 Å². The molecule has 3 aliphatic rings. The first kappa shape index (κ1) is 12.5. The van der Waals surface area contributed by atoms with Gasteiger partial charge in [-0.15, -0.1) is 0 Å². The number of carbonyl (C=O) groups excluding carboxylic acids is 1. The molecule has 3 rings (SSSR count).